The maximum Gasteiger partial charge on any atom is 0.359 e. The van der Waals surface area contributed by atoms with Crippen molar-refractivity contribution in [1.29, 1.82) is 5.26 Å². The number of aliphatic hydroxyl groups excluding tert-OH is 1. The average Bonchev–Trinajstić information content (AvgIpc) is 2.68. The van der Waals surface area contributed by atoms with Crippen LogP contribution in [-0.4, -0.2) is 27.5 Å². The summed E-state index contributed by atoms with van der Waals surface area (Å²) in [5, 5.41) is 23.0. The lowest BCUT2D eigenvalue weighted by molar-refractivity contribution is 0.0464. The number of aliphatic hydroxyl groups is 1. The van der Waals surface area contributed by atoms with Crippen molar-refractivity contribution in [2.75, 3.05) is 6.61 Å². The van der Waals surface area contributed by atoms with Gasteiger partial charge in [-0.2, -0.15) is 10.4 Å². The third-order valence-electron chi connectivity index (χ3n) is 3.87. The molecule has 130 valence electrons. The van der Waals surface area contributed by atoms with E-state index in [1.165, 1.54) is 0 Å². The number of fused-ring (bicyclic) bond motifs is 1. The van der Waals surface area contributed by atoms with Gasteiger partial charge in [-0.15, -0.1) is 0 Å². The zero-order chi connectivity index (χ0) is 18.5. The van der Waals surface area contributed by atoms with E-state index in [9.17, 15) is 9.59 Å². The standard InChI is InChI=1S/C19H15N3O4/c20-11-13-5-1-2-6-14(13)12-26-19(25)17-15-7-3-4-8-16(15)18(24)22(21-17)9-10-23/h1-8,23H,9-10,12H2. The second-order valence-electron chi connectivity index (χ2n) is 5.49. The van der Waals surface area contributed by atoms with Gasteiger partial charge in [0.25, 0.3) is 5.56 Å². The molecule has 0 atom stereocenters. The van der Waals surface area contributed by atoms with E-state index >= 15 is 0 Å². The van der Waals surface area contributed by atoms with Crippen LogP contribution in [0, 0.1) is 11.3 Å². The van der Waals surface area contributed by atoms with E-state index in [-0.39, 0.29) is 31.0 Å². The van der Waals surface area contributed by atoms with E-state index in [2.05, 4.69) is 5.10 Å². The molecule has 1 heterocycles. The molecule has 0 fully saturated rings. The molecule has 0 unspecified atom stereocenters. The van der Waals surface area contributed by atoms with Crippen LogP contribution in [0.2, 0.25) is 0 Å². The molecular formula is C19H15N3O4. The Morgan fingerprint density at radius 3 is 2.58 bits per heavy atom. The third-order valence-corrected chi connectivity index (χ3v) is 3.87. The van der Waals surface area contributed by atoms with Gasteiger partial charge in [0.1, 0.15) is 6.61 Å². The van der Waals surface area contributed by atoms with Gasteiger partial charge in [-0.1, -0.05) is 36.4 Å². The minimum Gasteiger partial charge on any atom is -0.456 e. The molecule has 7 heteroatoms. The quantitative estimate of drug-likeness (QED) is 0.702. The van der Waals surface area contributed by atoms with Gasteiger partial charge in [0.2, 0.25) is 0 Å². The van der Waals surface area contributed by atoms with E-state index in [0.29, 0.717) is 21.9 Å². The van der Waals surface area contributed by atoms with Crippen LogP contribution in [0.25, 0.3) is 10.8 Å². The van der Waals surface area contributed by atoms with E-state index < -0.39 is 5.97 Å². The minimum atomic E-state index is -0.708. The van der Waals surface area contributed by atoms with Crippen molar-refractivity contribution in [3.05, 3.63) is 75.7 Å². The Bertz CT molecular complexity index is 1070. The lowest BCUT2D eigenvalue weighted by atomic mass is 10.1. The van der Waals surface area contributed by atoms with E-state index in [1.54, 1.807) is 48.5 Å². The van der Waals surface area contributed by atoms with E-state index in [0.717, 1.165) is 4.68 Å². The minimum absolute atomic E-state index is 0.0110. The van der Waals surface area contributed by atoms with Crippen molar-refractivity contribution in [1.82, 2.24) is 9.78 Å². The van der Waals surface area contributed by atoms with Crippen molar-refractivity contribution < 1.29 is 14.6 Å². The van der Waals surface area contributed by atoms with Crippen LogP contribution in [0.4, 0.5) is 0 Å². The van der Waals surface area contributed by atoms with Crippen LogP contribution < -0.4 is 5.56 Å². The summed E-state index contributed by atoms with van der Waals surface area (Å²) in [6.45, 7) is -0.395. The number of ether oxygens (including phenoxy) is 1. The van der Waals surface area contributed by atoms with Crippen LogP contribution >= 0.6 is 0 Å². The molecule has 3 aromatic rings. The Morgan fingerprint density at radius 1 is 1.15 bits per heavy atom. The number of nitriles is 1. The molecule has 0 aliphatic rings. The summed E-state index contributed by atoms with van der Waals surface area (Å²) in [4.78, 5) is 24.9. The molecule has 0 amide bonds. The summed E-state index contributed by atoms with van der Waals surface area (Å²) in [6, 6.07) is 15.4. The first kappa shape index (κ1) is 17.3. The highest BCUT2D eigenvalue weighted by atomic mass is 16.5. The molecule has 0 aliphatic carbocycles. The molecule has 0 bridgehead atoms. The average molecular weight is 349 g/mol. The lowest BCUT2D eigenvalue weighted by Gasteiger charge is -2.10. The zero-order valence-electron chi connectivity index (χ0n) is 13.8. The van der Waals surface area contributed by atoms with Crippen molar-refractivity contribution in [3.8, 4) is 6.07 Å². The molecule has 26 heavy (non-hydrogen) atoms. The van der Waals surface area contributed by atoms with Crippen molar-refractivity contribution in [2.24, 2.45) is 0 Å². The van der Waals surface area contributed by atoms with Gasteiger partial charge in [0, 0.05) is 10.9 Å². The maximum atomic E-state index is 12.6. The Hall–Kier alpha value is -3.50. The van der Waals surface area contributed by atoms with Gasteiger partial charge in [-0.3, -0.25) is 4.79 Å². The van der Waals surface area contributed by atoms with Crippen LogP contribution in [0.15, 0.2) is 53.3 Å². The highest BCUT2D eigenvalue weighted by molar-refractivity contribution is 6.02. The molecule has 2 aromatic carbocycles. The summed E-state index contributed by atoms with van der Waals surface area (Å²) < 4.78 is 6.35. The van der Waals surface area contributed by atoms with Gasteiger partial charge in [-0.05, 0) is 12.1 Å². The molecule has 0 saturated heterocycles. The Labute approximate surface area is 148 Å². The second-order valence-corrected chi connectivity index (χ2v) is 5.49. The fourth-order valence-electron chi connectivity index (χ4n) is 2.60. The first-order valence-electron chi connectivity index (χ1n) is 7.91. The predicted octanol–water partition coefficient (Wildman–Crippen LogP) is 1.62. The molecule has 1 aromatic heterocycles. The molecule has 7 nitrogen and oxygen atoms in total. The topological polar surface area (TPSA) is 105 Å². The predicted molar refractivity (Wildman–Crippen MR) is 93.4 cm³/mol. The van der Waals surface area contributed by atoms with Gasteiger partial charge in [-0.25, -0.2) is 9.48 Å². The molecule has 0 saturated carbocycles. The smallest absolute Gasteiger partial charge is 0.359 e. The van der Waals surface area contributed by atoms with Crippen molar-refractivity contribution in [3.63, 3.8) is 0 Å². The summed E-state index contributed by atoms with van der Waals surface area (Å²) in [5.74, 6) is -0.708. The number of carbonyl (C=O) groups excluding carboxylic acids is 1. The molecule has 0 aliphatic heterocycles. The van der Waals surface area contributed by atoms with Gasteiger partial charge in [0.05, 0.1) is 30.2 Å². The molecule has 1 N–H and O–H groups in total. The number of aromatic nitrogens is 2. The largest absolute Gasteiger partial charge is 0.456 e. The van der Waals surface area contributed by atoms with Crippen LogP contribution in [0.5, 0.6) is 0 Å². The van der Waals surface area contributed by atoms with Gasteiger partial charge < -0.3 is 9.84 Å². The molecular weight excluding hydrogens is 334 g/mol. The summed E-state index contributed by atoms with van der Waals surface area (Å²) in [6.07, 6.45) is 0. The lowest BCUT2D eigenvalue weighted by Crippen LogP contribution is -2.27. The first-order chi connectivity index (χ1) is 12.7. The molecule has 3 rings (SSSR count). The zero-order valence-corrected chi connectivity index (χ0v) is 13.8. The second kappa shape index (κ2) is 7.59. The molecule has 0 radical (unpaired) electrons. The number of hydrogen-bond donors (Lipinski definition) is 1. The number of nitrogens with zero attached hydrogens (tertiary/aromatic N) is 3. The first-order valence-corrected chi connectivity index (χ1v) is 7.91. The van der Waals surface area contributed by atoms with Gasteiger partial charge >= 0.3 is 5.97 Å². The Balaban J connectivity index is 1.96. The number of benzene rings is 2. The van der Waals surface area contributed by atoms with E-state index in [1.807, 2.05) is 6.07 Å². The number of hydrogen-bond acceptors (Lipinski definition) is 6. The summed E-state index contributed by atoms with van der Waals surface area (Å²) in [7, 11) is 0. The van der Waals surface area contributed by atoms with E-state index in [4.69, 9.17) is 15.1 Å². The van der Waals surface area contributed by atoms with Crippen molar-refractivity contribution in [2.45, 2.75) is 13.2 Å². The number of carbonyl (C=O) groups is 1. The fraction of sp³-hybridized carbons (Fsp3) is 0.158. The monoisotopic (exact) mass is 349 g/mol. The number of rotatable bonds is 5. The van der Waals surface area contributed by atoms with Gasteiger partial charge in [0.15, 0.2) is 5.69 Å². The third kappa shape index (κ3) is 3.31. The van der Waals surface area contributed by atoms with Crippen LogP contribution in [0.1, 0.15) is 21.6 Å². The Morgan fingerprint density at radius 2 is 1.85 bits per heavy atom. The Kier molecular flexibility index (Phi) is 5.06. The summed E-state index contributed by atoms with van der Waals surface area (Å²) >= 11 is 0. The normalized spacial score (nSPS) is 10.5. The highest BCUT2D eigenvalue weighted by Crippen LogP contribution is 2.16. The fourth-order valence-corrected chi connectivity index (χ4v) is 2.60. The van der Waals surface area contributed by atoms with Crippen molar-refractivity contribution >= 4 is 16.7 Å². The maximum absolute atomic E-state index is 12.6. The summed E-state index contributed by atoms with van der Waals surface area (Å²) in [5.41, 5.74) is 0.601. The van der Waals surface area contributed by atoms with Crippen LogP contribution in [-0.2, 0) is 17.9 Å². The molecule has 0 spiro atoms. The SMILES string of the molecule is N#Cc1ccccc1COC(=O)c1nn(CCO)c(=O)c2ccccc12. The van der Waals surface area contributed by atoms with Crippen LogP contribution in [0.3, 0.4) is 0 Å². The highest BCUT2D eigenvalue weighted by Gasteiger charge is 2.18. The number of esters is 1.